The maximum absolute atomic E-state index is 12.7. The van der Waals surface area contributed by atoms with Crippen LogP contribution in [0, 0.1) is 0 Å². The van der Waals surface area contributed by atoms with Crippen molar-refractivity contribution in [3.8, 4) is 5.75 Å². The fourth-order valence-corrected chi connectivity index (χ4v) is 5.01. The van der Waals surface area contributed by atoms with Gasteiger partial charge in [-0.25, -0.2) is 8.42 Å². The van der Waals surface area contributed by atoms with Crippen LogP contribution in [-0.4, -0.2) is 77.1 Å². The van der Waals surface area contributed by atoms with E-state index in [4.69, 9.17) is 4.74 Å². The Kier molecular flexibility index (Phi) is 5.31. The Bertz CT molecular complexity index is 754. The fraction of sp³-hybridized carbons (Fsp3) is 0.538. The predicted octanol–water partition coefficient (Wildman–Crippen LogP) is -0.192. The number of hydrogen-bond donors (Lipinski definition) is 0. The molecule has 1 heterocycles. The number of sulfonamides is 1. The number of benzene rings is 1. The van der Waals surface area contributed by atoms with Crippen molar-refractivity contribution in [1.82, 2.24) is 12.9 Å². The van der Waals surface area contributed by atoms with Crippen molar-refractivity contribution in [3.63, 3.8) is 0 Å². The van der Waals surface area contributed by atoms with Gasteiger partial charge in [0.15, 0.2) is 0 Å². The van der Waals surface area contributed by atoms with Gasteiger partial charge in [-0.15, -0.1) is 0 Å². The lowest BCUT2D eigenvalue weighted by molar-refractivity contribution is 0.262. The second kappa shape index (κ2) is 6.73. The molecule has 0 aliphatic carbocycles. The number of hydrogen-bond acceptors (Lipinski definition) is 5. The van der Waals surface area contributed by atoms with Gasteiger partial charge in [0.05, 0.1) is 7.11 Å². The molecule has 130 valence electrons. The zero-order valence-electron chi connectivity index (χ0n) is 13.3. The summed E-state index contributed by atoms with van der Waals surface area (Å²) in [7, 11) is -2.93. The first kappa shape index (κ1) is 18.1. The minimum Gasteiger partial charge on any atom is -0.495 e. The molecule has 0 bridgehead atoms. The number of rotatable bonds is 5. The first-order valence-electron chi connectivity index (χ1n) is 7.02. The highest BCUT2D eigenvalue weighted by Gasteiger charge is 2.34. The summed E-state index contributed by atoms with van der Waals surface area (Å²) in [6.45, 7) is 0.449. The third-order valence-electron chi connectivity index (χ3n) is 3.67. The minimum atomic E-state index is -3.72. The average molecular weight is 363 g/mol. The Balaban J connectivity index is 2.19. The summed E-state index contributed by atoms with van der Waals surface area (Å²) in [4.78, 5) is 0.0893. The van der Waals surface area contributed by atoms with Gasteiger partial charge < -0.3 is 4.74 Å². The third-order valence-corrected chi connectivity index (χ3v) is 7.55. The van der Waals surface area contributed by atoms with Crippen molar-refractivity contribution in [2.24, 2.45) is 0 Å². The molecule has 0 spiro atoms. The lowest BCUT2D eigenvalue weighted by Crippen LogP contribution is -2.52. The van der Waals surface area contributed by atoms with Gasteiger partial charge in [-0.2, -0.15) is 21.3 Å². The molecule has 1 aliphatic rings. The lowest BCUT2D eigenvalue weighted by atomic mass is 10.3. The minimum absolute atomic E-state index is 0.0893. The summed E-state index contributed by atoms with van der Waals surface area (Å²) >= 11 is 0. The number of nitrogens with zero attached hydrogens (tertiary/aromatic N) is 3. The van der Waals surface area contributed by atoms with Gasteiger partial charge in [-0.3, -0.25) is 0 Å². The molecule has 23 heavy (non-hydrogen) atoms. The first-order chi connectivity index (χ1) is 10.7. The summed E-state index contributed by atoms with van der Waals surface area (Å²) in [5.74, 6) is 0.274. The van der Waals surface area contributed by atoms with E-state index in [2.05, 4.69) is 0 Å². The van der Waals surface area contributed by atoms with E-state index in [1.165, 1.54) is 35.9 Å². The van der Waals surface area contributed by atoms with E-state index in [0.29, 0.717) is 0 Å². The van der Waals surface area contributed by atoms with E-state index >= 15 is 0 Å². The van der Waals surface area contributed by atoms with E-state index in [9.17, 15) is 16.8 Å². The molecule has 0 amide bonds. The van der Waals surface area contributed by atoms with Crippen LogP contribution >= 0.6 is 0 Å². The molecule has 0 radical (unpaired) electrons. The molecule has 2 rings (SSSR count). The zero-order valence-corrected chi connectivity index (χ0v) is 15.0. The van der Waals surface area contributed by atoms with E-state index < -0.39 is 20.2 Å². The number of methoxy groups -OCH3 is 1. The summed E-state index contributed by atoms with van der Waals surface area (Å²) in [5.41, 5.74) is 0. The molecule has 1 aromatic carbocycles. The number of piperazine rings is 1. The van der Waals surface area contributed by atoms with Gasteiger partial charge in [0.2, 0.25) is 10.0 Å². The Labute approximate surface area is 137 Å². The Morgan fingerprint density at radius 1 is 0.957 bits per heavy atom. The molecule has 1 aromatic rings. The molecule has 0 aromatic heterocycles. The van der Waals surface area contributed by atoms with Crippen LogP contribution in [0.1, 0.15) is 0 Å². The largest absolute Gasteiger partial charge is 0.495 e. The van der Waals surface area contributed by atoms with Crippen LogP contribution in [0.4, 0.5) is 0 Å². The van der Waals surface area contributed by atoms with Gasteiger partial charge >= 0.3 is 0 Å². The van der Waals surface area contributed by atoms with Gasteiger partial charge in [0, 0.05) is 40.3 Å². The zero-order chi connectivity index (χ0) is 17.3. The topological polar surface area (TPSA) is 87.2 Å². The second-order valence-corrected chi connectivity index (χ2v) is 9.29. The summed E-state index contributed by atoms with van der Waals surface area (Å²) < 4.78 is 58.4. The van der Waals surface area contributed by atoms with Crippen molar-refractivity contribution < 1.29 is 21.6 Å². The van der Waals surface area contributed by atoms with Crippen LogP contribution in [0.25, 0.3) is 0 Å². The first-order valence-corrected chi connectivity index (χ1v) is 9.85. The van der Waals surface area contributed by atoms with Crippen molar-refractivity contribution in [1.29, 1.82) is 0 Å². The van der Waals surface area contributed by atoms with Gasteiger partial charge in [0.1, 0.15) is 10.6 Å². The van der Waals surface area contributed by atoms with Crippen LogP contribution in [0.5, 0.6) is 5.75 Å². The summed E-state index contributed by atoms with van der Waals surface area (Å²) in [6.07, 6.45) is 0. The standard InChI is InChI=1S/C13H21N3O5S2/c1-14(2)23(19,20)16-10-8-15(9-11-16)22(17,18)13-7-5-4-6-12(13)21-3/h4-7H,8-11H2,1-3H3. The maximum Gasteiger partial charge on any atom is 0.281 e. The maximum atomic E-state index is 12.7. The molecule has 10 heteroatoms. The van der Waals surface area contributed by atoms with Gasteiger partial charge in [-0.1, -0.05) is 12.1 Å². The lowest BCUT2D eigenvalue weighted by Gasteiger charge is -2.34. The smallest absolute Gasteiger partial charge is 0.281 e. The molecule has 1 saturated heterocycles. The Morgan fingerprint density at radius 2 is 1.48 bits per heavy atom. The monoisotopic (exact) mass is 363 g/mol. The molecule has 0 unspecified atom stereocenters. The molecular formula is C13H21N3O5S2. The Morgan fingerprint density at radius 3 is 2.00 bits per heavy atom. The second-order valence-electron chi connectivity index (χ2n) is 5.24. The molecule has 0 atom stereocenters. The van der Waals surface area contributed by atoms with E-state index in [-0.39, 0.29) is 36.8 Å². The number of ether oxygens (including phenoxy) is 1. The van der Waals surface area contributed by atoms with E-state index in [1.54, 1.807) is 18.2 Å². The molecule has 0 N–H and O–H groups in total. The van der Waals surface area contributed by atoms with Crippen molar-refractivity contribution in [3.05, 3.63) is 24.3 Å². The van der Waals surface area contributed by atoms with Crippen LogP contribution in [-0.2, 0) is 20.2 Å². The molecule has 8 nitrogen and oxygen atoms in total. The molecular weight excluding hydrogens is 342 g/mol. The van der Waals surface area contributed by atoms with Crippen molar-refractivity contribution in [2.45, 2.75) is 4.90 Å². The third kappa shape index (κ3) is 3.50. The summed E-state index contributed by atoms with van der Waals surface area (Å²) in [5, 5.41) is 0. The van der Waals surface area contributed by atoms with Gasteiger partial charge in [0.25, 0.3) is 10.2 Å². The van der Waals surface area contributed by atoms with Crippen molar-refractivity contribution >= 4 is 20.2 Å². The van der Waals surface area contributed by atoms with Crippen LogP contribution < -0.4 is 4.74 Å². The highest BCUT2D eigenvalue weighted by atomic mass is 32.2. The van der Waals surface area contributed by atoms with E-state index in [1.807, 2.05) is 0 Å². The summed E-state index contributed by atoms with van der Waals surface area (Å²) in [6, 6.07) is 6.39. The van der Waals surface area contributed by atoms with Crippen LogP contribution in [0.3, 0.4) is 0 Å². The quantitative estimate of drug-likeness (QED) is 0.724. The highest BCUT2D eigenvalue weighted by molar-refractivity contribution is 7.89. The number of para-hydroxylation sites is 1. The highest BCUT2D eigenvalue weighted by Crippen LogP contribution is 2.27. The molecule has 1 aliphatic heterocycles. The van der Waals surface area contributed by atoms with Gasteiger partial charge in [-0.05, 0) is 12.1 Å². The predicted molar refractivity (Wildman–Crippen MR) is 85.9 cm³/mol. The Hall–Kier alpha value is -1.20. The average Bonchev–Trinajstić information content (AvgIpc) is 2.54. The fourth-order valence-electron chi connectivity index (χ4n) is 2.34. The molecule has 1 fully saturated rings. The van der Waals surface area contributed by atoms with Crippen LogP contribution in [0.2, 0.25) is 0 Å². The normalized spacial score (nSPS) is 18.3. The van der Waals surface area contributed by atoms with E-state index in [0.717, 1.165) is 4.31 Å². The van der Waals surface area contributed by atoms with Crippen LogP contribution in [0.15, 0.2) is 29.2 Å². The van der Waals surface area contributed by atoms with Crippen molar-refractivity contribution in [2.75, 3.05) is 47.4 Å². The molecule has 0 saturated carbocycles. The SMILES string of the molecule is COc1ccccc1S(=O)(=O)N1CCN(S(=O)(=O)N(C)C)CC1.